The fourth-order valence-corrected chi connectivity index (χ4v) is 2.39. The molecule has 6 heteroatoms. The van der Waals surface area contributed by atoms with E-state index in [0.717, 1.165) is 0 Å². The molecule has 1 aliphatic heterocycles. The molecular weight excluding hydrogens is 252 g/mol. The number of ether oxygens (including phenoxy) is 1. The van der Waals surface area contributed by atoms with Gasteiger partial charge in [0.05, 0.1) is 10.5 Å². The normalized spacial score (nSPS) is 20.1. The van der Waals surface area contributed by atoms with Crippen LogP contribution in [-0.2, 0) is 9.05 Å². The Labute approximate surface area is 97.6 Å². The maximum atomic E-state index is 11.7. The summed E-state index contributed by atoms with van der Waals surface area (Å²) >= 11 is 0. The topological polar surface area (TPSA) is 60.4 Å². The van der Waals surface area contributed by atoms with Crippen molar-refractivity contribution in [2.75, 3.05) is 0 Å². The van der Waals surface area contributed by atoms with Crippen molar-refractivity contribution in [2.24, 2.45) is 0 Å². The minimum Gasteiger partial charge on any atom is -0.489 e. The largest absolute Gasteiger partial charge is 0.489 e. The molecule has 4 nitrogen and oxygen atoms in total. The van der Waals surface area contributed by atoms with E-state index in [4.69, 9.17) is 15.4 Å². The molecule has 1 atom stereocenters. The van der Waals surface area contributed by atoms with Gasteiger partial charge in [-0.3, -0.25) is 4.79 Å². The van der Waals surface area contributed by atoms with E-state index in [1.54, 1.807) is 6.92 Å². The van der Waals surface area contributed by atoms with Gasteiger partial charge in [0.1, 0.15) is 11.9 Å². The van der Waals surface area contributed by atoms with Gasteiger partial charge in [0.15, 0.2) is 5.78 Å². The van der Waals surface area contributed by atoms with Gasteiger partial charge in [-0.15, -0.1) is 0 Å². The van der Waals surface area contributed by atoms with E-state index in [0.29, 0.717) is 5.75 Å². The second-order valence-electron chi connectivity index (χ2n) is 3.65. The van der Waals surface area contributed by atoms with Crippen molar-refractivity contribution in [3.05, 3.63) is 23.8 Å². The fourth-order valence-electron chi connectivity index (χ4n) is 1.61. The average molecular weight is 261 g/mol. The number of benzene rings is 1. The maximum Gasteiger partial charge on any atom is 0.261 e. The monoisotopic (exact) mass is 260 g/mol. The lowest BCUT2D eigenvalue weighted by molar-refractivity contribution is 0.0870. The molecule has 86 valence electrons. The Morgan fingerprint density at radius 1 is 1.44 bits per heavy atom. The Balaban J connectivity index is 2.55. The van der Waals surface area contributed by atoms with Crippen LogP contribution in [0.3, 0.4) is 0 Å². The molecule has 0 radical (unpaired) electrons. The van der Waals surface area contributed by atoms with Crippen LogP contribution in [-0.4, -0.2) is 20.3 Å². The first-order chi connectivity index (χ1) is 7.38. The molecule has 0 spiro atoms. The van der Waals surface area contributed by atoms with Gasteiger partial charge in [0.25, 0.3) is 9.05 Å². The van der Waals surface area contributed by atoms with E-state index in [1.165, 1.54) is 18.2 Å². The van der Waals surface area contributed by atoms with Crippen LogP contribution in [0.4, 0.5) is 0 Å². The summed E-state index contributed by atoms with van der Waals surface area (Å²) in [6.45, 7) is 1.78. The third kappa shape index (κ3) is 2.05. The summed E-state index contributed by atoms with van der Waals surface area (Å²) in [6, 6.07) is 4.04. The van der Waals surface area contributed by atoms with Crippen LogP contribution in [0.5, 0.6) is 5.75 Å². The standard InChI is InChI=1S/C10H9ClO4S/c1-6-4-9(12)8-5-7(16(11,13)14)2-3-10(8)15-6/h2-3,5-6H,4H2,1H3. The summed E-state index contributed by atoms with van der Waals surface area (Å²) in [6.07, 6.45) is 0.0668. The van der Waals surface area contributed by atoms with Gasteiger partial charge in [0.2, 0.25) is 0 Å². The number of halogens is 1. The number of carbonyl (C=O) groups is 1. The minimum absolute atomic E-state index is 0.0839. The number of rotatable bonds is 1. The second kappa shape index (κ2) is 3.75. The predicted molar refractivity (Wildman–Crippen MR) is 58.5 cm³/mol. The van der Waals surface area contributed by atoms with Gasteiger partial charge in [-0.2, -0.15) is 0 Å². The summed E-state index contributed by atoms with van der Waals surface area (Å²) in [7, 11) is 1.39. The Kier molecular flexibility index (Phi) is 2.67. The van der Waals surface area contributed by atoms with E-state index >= 15 is 0 Å². The SMILES string of the molecule is CC1CC(=O)c2cc(S(=O)(=O)Cl)ccc2O1. The molecule has 0 aromatic heterocycles. The summed E-state index contributed by atoms with van der Waals surface area (Å²) in [5.74, 6) is 0.281. The summed E-state index contributed by atoms with van der Waals surface area (Å²) in [5.41, 5.74) is 0.278. The van der Waals surface area contributed by atoms with Gasteiger partial charge in [-0.25, -0.2) is 8.42 Å². The molecule has 0 N–H and O–H groups in total. The molecule has 1 heterocycles. The van der Waals surface area contributed by atoms with Crippen LogP contribution < -0.4 is 4.74 Å². The maximum absolute atomic E-state index is 11.7. The second-order valence-corrected chi connectivity index (χ2v) is 6.22. The molecule has 1 aromatic rings. The van der Waals surface area contributed by atoms with Crippen LogP contribution in [0.1, 0.15) is 23.7 Å². The summed E-state index contributed by atoms with van der Waals surface area (Å²) in [4.78, 5) is 11.6. The highest BCUT2D eigenvalue weighted by molar-refractivity contribution is 8.13. The molecule has 2 rings (SSSR count). The lowest BCUT2D eigenvalue weighted by Gasteiger charge is -2.22. The molecule has 1 aromatic carbocycles. The van der Waals surface area contributed by atoms with E-state index in [1.807, 2.05) is 0 Å². The minimum atomic E-state index is -3.81. The molecule has 0 amide bonds. The highest BCUT2D eigenvalue weighted by Gasteiger charge is 2.25. The van der Waals surface area contributed by atoms with Crippen LogP contribution in [0, 0.1) is 0 Å². The van der Waals surface area contributed by atoms with Crippen molar-refractivity contribution < 1.29 is 17.9 Å². The van der Waals surface area contributed by atoms with Gasteiger partial charge < -0.3 is 4.74 Å². The van der Waals surface area contributed by atoms with Crippen LogP contribution in [0.15, 0.2) is 23.1 Å². The Bertz CT molecular complexity index is 550. The lowest BCUT2D eigenvalue weighted by Crippen LogP contribution is -2.24. The molecule has 0 fully saturated rings. The third-order valence-electron chi connectivity index (χ3n) is 2.33. The molecule has 0 aliphatic carbocycles. The van der Waals surface area contributed by atoms with Crippen molar-refractivity contribution in [2.45, 2.75) is 24.3 Å². The van der Waals surface area contributed by atoms with E-state index in [-0.39, 0.29) is 28.8 Å². The molecule has 0 saturated carbocycles. The van der Waals surface area contributed by atoms with Crippen molar-refractivity contribution in [1.29, 1.82) is 0 Å². The van der Waals surface area contributed by atoms with Crippen LogP contribution in [0.25, 0.3) is 0 Å². The first-order valence-electron chi connectivity index (χ1n) is 4.66. The van der Waals surface area contributed by atoms with Gasteiger partial charge in [-0.05, 0) is 25.1 Å². The van der Waals surface area contributed by atoms with Crippen molar-refractivity contribution in [3.63, 3.8) is 0 Å². The quantitative estimate of drug-likeness (QED) is 0.725. The number of ketones is 1. The molecule has 0 bridgehead atoms. The molecule has 1 unspecified atom stereocenters. The van der Waals surface area contributed by atoms with Crippen LogP contribution >= 0.6 is 10.7 Å². The molecule has 1 aliphatic rings. The van der Waals surface area contributed by atoms with Gasteiger partial charge in [-0.1, -0.05) is 0 Å². The number of Topliss-reactive ketones (excluding diaryl/α,β-unsaturated/α-hetero) is 1. The number of fused-ring (bicyclic) bond motifs is 1. The average Bonchev–Trinajstić information content (AvgIpc) is 2.15. The zero-order valence-electron chi connectivity index (χ0n) is 8.44. The molecule has 16 heavy (non-hydrogen) atoms. The van der Waals surface area contributed by atoms with Crippen molar-refractivity contribution in [1.82, 2.24) is 0 Å². The number of carbonyl (C=O) groups excluding carboxylic acids is 1. The predicted octanol–water partition coefficient (Wildman–Crippen LogP) is 1.97. The zero-order valence-corrected chi connectivity index (χ0v) is 10.0. The smallest absolute Gasteiger partial charge is 0.261 e. The van der Waals surface area contributed by atoms with Crippen LogP contribution in [0.2, 0.25) is 0 Å². The number of hydrogen-bond acceptors (Lipinski definition) is 4. The number of hydrogen-bond donors (Lipinski definition) is 0. The first-order valence-corrected chi connectivity index (χ1v) is 6.97. The van der Waals surface area contributed by atoms with E-state index in [2.05, 4.69) is 0 Å². The molecular formula is C10H9ClO4S. The Morgan fingerprint density at radius 3 is 2.75 bits per heavy atom. The van der Waals surface area contributed by atoms with Gasteiger partial charge >= 0.3 is 0 Å². The molecule has 0 saturated heterocycles. The third-order valence-corrected chi connectivity index (χ3v) is 3.69. The van der Waals surface area contributed by atoms with Crippen molar-refractivity contribution >= 4 is 25.5 Å². The van der Waals surface area contributed by atoms with Gasteiger partial charge in [0, 0.05) is 17.1 Å². The lowest BCUT2D eigenvalue weighted by atomic mass is 10.0. The summed E-state index contributed by atoms with van der Waals surface area (Å²) < 4.78 is 27.6. The first kappa shape index (κ1) is 11.4. The Morgan fingerprint density at radius 2 is 2.12 bits per heavy atom. The zero-order chi connectivity index (χ0) is 11.9. The highest BCUT2D eigenvalue weighted by Crippen LogP contribution is 2.30. The Hall–Kier alpha value is -1.07. The van der Waals surface area contributed by atoms with E-state index in [9.17, 15) is 13.2 Å². The fraction of sp³-hybridized carbons (Fsp3) is 0.300. The highest BCUT2D eigenvalue weighted by atomic mass is 35.7. The van der Waals surface area contributed by atoms with E-state index < -0.39 is 9.05 Å². The van der Waals surface area contributed by atoms with Crippen molar-refractivity contribution in [3.8, 4) is 5.75 Å². The summed E-state index contributed by atoms with van der Waals surface area (Å²) in [5, 5.41) is 0.